The van der Waals surface area contributed by atoms with Crippen LogP contribution in [0.2, 0.25) is 0 Å². The molecule has 4 nitrogen and oxygen atoms in total. The second-order valence-electron chi connectivity index (χ2n) is 5.52. The average molecular weight is 254 g/mol. The summed E-state index contributed by atoms with van der Waals surface area (Å²) in [5.74, 6) is -0.0583. The van der Waals surface area contributed by atoms with Crippen molar-refractivity contribution >= 4 is 23.2 Å². The third-order valence-electron chi connectivity index (χ3n) is 4.51. The van der Waals surface area contributed by atoms with Gasteiger partial charge in [0.1, 0.15) is 0 Å². The van der Waals surface area contributed by atoms with Gasteiger partial charge >= 0.3 is 0 Å². The molecule has 2 bridgehead atoms. The van der Waals surface area contributed by atoms with Gasteiger partial charge in [-0.15, -0.1) is 0 Å². The van der Waals surface area contributed by atoms with Crippen molar-refractivity contribution < 1.29 is 9.59 Å². The quantitative estimate of drug-likeness (QED) is 0.696. The molecule has 96 valence electrons. The summed E-state index contributed by atoms with van der Waals surface area (Å²) in [6.45, 7) is 0. The molecule has 4 atom stereocenters. The van der Waals surface area contributed by atoms with E-state index in [0.29, 0.717) is 11.4 Å². The van der Waals surface area contributed by atoms with E-state index in [-0.39, 0.29) is 35.5 Å². The number of hydrogen-bond acceptors (Lipinski definition) is 2. The van der Waals surface area contributed by atoms with Crippen LogP contribution in [0.25, 0.3) is 0 Å². The minimum absolute atomic E-state index is 0.0239. The lowest BCUT2D eigenvalue weighted by Gasteiger charge is -2.29. The number of rotatable bonds is 0. The van der Waals surface area contributed by atoms with Gasteiger partial charge in [-0.05, 0) is 30.4 Å². The molecule has 0 radical (unpaired) electrons. The first-order chi connectivity index (χ1) is 9.24. The number of anilines is 2. The lowest BCUT2D eigenvalue weighted by Crippen LogP contribution is -2.41. The fourth-order valence-electron chi connectivity index (χ4n) is 3.67. The van der Waals surface area contributed by atoms with Crippen LogP contribution in [0.15, 0.2) is 36.4 Å². The maximum Gasteiger partial charge on any atom is 0.228 e. The van der Waals surface area contributed by atoms with E-state index in [1.165, 1.54) is 0 Å². The van der Waals surface area contributed by atoms with Crippen molar-refractivity contribution in [3.8, 4) is 0 Å². The summed E-state index contributed by atoms with van der Waals surface area (Å²) in [5.41, 5.74) is 1.37. The van der Waals surface area contributed by atoms with Crippen LogP contribution in [-0.4, -0.2) is 11.8 Å². The zero-order valence-corrected chi connectivity index (χ0v) is 10.3. The molecule has 4 rings (SSSR count). The van der Waals surface area contributed by atoms with Gasteiger partial charge in [-0.2, -0.15) is 0 Å². The number of carbonyl (C=O) groups excluding carboxylic acids is 2. The summed E-state index contributed by atoms with van der Waals surface area (Å²) >= 11 is 0. The molecule has 2 amide bonds. The number of fused-ring (bicyclic) bond motifs is 6. The highest BCUT2D eigenvalue weighted by atomic mass is 16.2. The van der Waals surface area contributed by atoms with Crippen LogP contribution in [-0.2, 0) is 9.59 Å². The van der Waals surface area contributed by atoms with Crippen LogP contribution in [0, 0.1) is 23.7 Å². The molecule has 19 heavy (non-hydrogen) atoms. The van der Waals surface area contributed by atoms with Crippen LogP contribution >= 0.6 is 0 Å². The smallest absolute Gasteiger partial charge is 0.228 e. The highest BCUT2D eigenvalue weighted by Gasteiger charge is 2.52. The van der Waals surface area contributed by atoms with E-state index < -0.39 is 0 Å². The molecule has 0 saturated heterocycles. The summed E-state index contributed by atoms with van der Waals surface area (Å²) in [6, 6.07) is 7.34. The van der Waals surface area contributed by atoms with Crippen molar-refractivity contribution in [2.75, 3.05) is 10.6 Å². The number of carbonyl (C=O) groups is 2. The first-order valence-corrected chi connectivity index (χ1v) is 6.63. The molecule has 0 spiro atoms. The summed E-state index contributed by atoms with van der Waals surface area (Å²) in [7, 11) is 0. The van der Waals surface area contributed by atoms with Gasteiger partial charge in [0.2, 0.25) is 11.8 Å². The number of benzene rings is 1. The van der Waals surface area contributed by atoms with Crippen molar-refractivity contribution in [2.45, 2.75) is 6.42 Å². The molecule has 0 aromatic heterocycles. The first kappa shape index (κ1) is 10.8. The summed E-state index contributed by atoms with van der Waals surface area (Å²) in [6.07, 6.45) is 5.10. The Labute approximate surface area is 110 Å². The van der Waals surface area contributed by atoms with Crippen molar-refractivity contribution in [3.63, 3.8) is 0 Å². The second-order valence-corrected chi connectivity index (χ2v) is 5.52. The summed E-state index contributed by atoms with van der Waals surface area (Å²) in [4.78, 5) is 24.8. The van der Waals surface area contributed by atoms with E-state index in [2.05, 4.69) is 22.8 Å². The molecule has 2 N–H and O–H groups in total. The molecule has 2 aliphatic carbocycles. The van der Waals surface area contributed by atoms with Crippen molar-refractivity contribution in [3.05, 3.63) is 36.4 Å². The van der Waals surface area contributed by atoms with Crippen LogP contribution < -0.4 is 10.6 Å². The predicted octanol–water partition coefficient (Wildman–Crippen LogP) is 2.02. The van der Waals surface area contributed by atoms with E-state index >= 15 is 0 Å². The zero-order chi connectivity index (χ0) is 13.0. The van der Waals surface area contributed by atoms with Gasteiger partial charge in [0.05, 0.1) is 23.2 Å². The minimum atomic E-state index is -0.219. The summed E-state index contributed by atoms with van der Waals surface area (Å²) in [5, 5.41) is 5.90. The SMILES string of the molecule is O=C1Nc2ccccc2NC(=O)C2C3C=CC(C3)C12. The maximum atomic E-state index is 12.4. The van der Waals surface area contributed by atoms with E-state index in [1.54, 1.807) is 0 Å². The van der Waals surface area contributed by atoms with Crippen LogP contribution in [0.1, 0.15) is 6.42 Å². The Kier molecular flexibility index (Phi) is 2.10. The van der Waals surface area contributed by atoms with E-state index in [1.807, 2.05) is 24.3 Å². The number of nitrogens with one attached hydrogen (secondary N) is 2. The van der Waals surface area contributed by atoms with Gasteiger partial charge in [0.25, 0.3) is 0 Å². The topological polar surface area (TPSA) is 58.2 Å². The molecule has 1 heterocycles. The summed E-state index contributed by atoms with van der Waals surface area (Å²) < 4.78 is 0. The van der Waals surface area contributed by atoms with Gasteiger partial charge in [0.15, 0.2) is 0 Å². The Morgan fingerprint density at radius 2 is 1.32 bits per heavy atom. The van der Waals surface area contributed by atoms with E-state index in [0.717, 1.165) is 6.42 Å². The van der Waals surface area contributed by atoms with Gasteiger partial charge in [-0.1, -0.05) is 24.3 Å². The standard InChI is InChI=1S/C15H14N2O2/c18-14-12-8-5-6-9(7-8)13(12)15(19)17-11-4-2-1-3-10(11)16-14/h1-6,8-9,12-13H,7H2,(H,16,18)(H,17,19). The predicted molar refractivity (Wildman–Crippen MR) is 71.4 cm³/mol. The lowest BCUT2D eigenvalue weighted by atomic mass is 9.81. The Bertz CT molecular complexity index is 557. The highest BCUT2D eigenvalue weighted by molar-refractivity contribution is 6.06. The van der Waals surface area contributed by atoms with Gasteiger partial charge in [-0.25, -0.2) is 0 Å². The third kappa shape index (κ3) is 1.46. The largest absolute Gasteiger partial charge is 0.324 e. The molecule has 4 heteroatoms. The number of allylic oxidation sites excluding steroid dienone is 2. The van der Waals surface area contributed by atoms with E-state index in [4.69, 9.17) is 0 Å². The first-order valence-electron chi connectivity index (χ1n) is 6.63. The van der Waals surface area contributed by atoms with Crippen LogP contribution in [0.4, 0.5) is 11.4 Å². The van der Waals surface area contributed by atoms with Gasteiger partial charge < -0.3 is 10.6 Å². The second kappa shape index (κ2) is 3.70. The van der Waals surface area contributed by atoms with Crippen molar-refractivity contribution in [2.24, 2.45) is 23.7 Å². The zero-order valence-electron chi connectivity index (χ0n) is 10.3. The monoisotopic (exact) mass is 254 g/mol. The Balaban J connectivity index is 1.80. The number of hydrogen-bond donors (Lipinski definition) is 2. The molecule has 1 saturated carbocycles. The average Bonchev–Trinajstić information content (AvgIpc) is 2.99. The van der Waals surface area contributed by atoms with Crippen LogP contribution in [0.3, 0.4) is 0 Å². The Hall–Kier alpha value is -2.10. The fraction of sp³-hybridized carbons (Fsp3) is 0.333. The van der Waals surface area contributed by atoms with Crippen molar-refractivity contribution in [1.82, 2.24) is 0 Å². The molecule has 4 unspecified atom stereocenters. The van der Waals surface area contributed by atoms with E-state index in [9.17, 15) is 9.59 Å². The van der Waals surface area contributed by atoms with Gasteiger partial charge in [-0.3, -0.25) is 9.59 Å². The molecular formula is C15H14N2O2. The lowest BCUT2D eigenvalue weighted by molar-refractivity contribution is -0.129. The third-order valence-corrected chi connectivity index (χ3v) is 4.51. The number of amides is 2. The molecule has 1 fully saturated rings. The minimum Gasteiger partial charge on any atom is -0.324 e. The Morgan fingerprint density at radius 1 is 0.842 bits per heavy atom. The van der Waals surface area contributed by atoms with Crippen LogP contribution in [0.5, 0.6) is 0 Å². The maximum absolute atomic E-state index is 12.4. The molecule has 1 aliphatic heterocycles. The van der Waals surface area contributed by atoms with Gasteiger partial charge in [0, 0.05) is 0 Å². The fourth-order valence-corrected chi connectivity index (χ4v) is 3.67. The normalized spacial score (nSPS) is 34.9. The Morgan fingerprint density at radius 3 is 1.79 bits per heavy atom. The molecule has 1 aromatic rings. The number of para-hydroxylation sites is 2. The molecular weight excluding hydrogens is 240 g/mol. The van der Waals surface area contributed by atoms with Crippen molar-refractivity contribution in [1.29, 1.82) is 0 Å². The molecule has 1 aromatic carbocycles. The highest BCUT2D eigenvalue weighted by Crippen LogP contribution is 2.49. The molecule has 3 aliphatic rings.